The summed E-state index contributed by atoms with van der Waals surface area (Å²) in [5, 5.41) is 14.0. The summed E-state index contributed by atoms with van der Waals surface area (Å²) < 4.78 is 13.9. The van der Waals surface area contributed by atoms with Gasteiger partial charge in [-0.2, -0.15) is 0 Å². The molecule has 0 aliphatic carbocycles. The first kappa shape index (κ1) is 15.7. The normalized spacial score (nSPS) is 10.5. The average Bonchev–Trinajstić information content (AvgIpc) is 2.42. The number of rotatable bonds is 4. The molecule has 0 unspecified atom stereocenters. The van der Waals surface area contributed by atoms with E-state index in [2.05, 4.69) is 21.2 Å². The first-order valence-corrected chi connectivity index (χ1v) is 7.18. The van der Waals surface area contributed by atoms with Crippen LogP contribution < -0.4 is 5.32 Å². The Bertz CT molecular complexity index is 710. The van der Waals surface area contributed by atoms with E-state index in [0.29, 0.717) is 22.3 Å². The maximum Gasteiger partial charge on any atom is 0.288 e. The van der Waals surface area contributed by atoms with Crippen LogP contribution in [0.5, 0.6) is 0 Å². The van der Waals surface area contributed by atoms with Gasteiger partial charge < -0.3 is 5.32 Å². The van der Waals surface area contributed by atoms with Crippen molar-refractivity contribution < 1.29 is 9.31 Å². The summed E-state index contributed by atoms with van der Waals surface area (Å²) in [6, 6.07) is 7.62. The lowest BCUT2D eigenvalue weighted by atomic mass is 10.1. The molecule has 0 aromatic heterocycles. The highest BCUT2D eigenvalue weighted by Crippen LogP contribution is 2.27. The number of nitrogens with zero attached hydrogens (tertiary/aromatic N) is 1. The van der Waals surface area contributed by atoms with Crippen molar-refractivity contribution >= 4 is 38.9 Å². The second-order valence-corrected chi connectivity index (χ2v) is 5.74. The Labute approximate surface area is 134 Å². The molecule has 0 saturated heterocycles. The fourth-order valence-corrected chi connectivity index (χ4v) is 2.49. The van der Waals surface area contributed by atoms with Gasteiger partial charge in [0.15, 0.2) is 0 Å². The summed E-state index contributed by atoms with van der Waals surface area (Å²) in [7, 11) is 0. The van der Waals surface area contributed by atoms with Crippen LogP contribution in [0, 0.1) is 22.9 Å². The van der Waals surface area contributed by atoms with E-state index in [4.69, 9.17) is 11.6 Å². The predicted molar refractivity (Wildman–Crippen MR) is 84.3 cm³/mol. The van der Waals surface area contributed by atoms with E-state index in [1.165, 1.54) is 18.2 Å². The van der Waals surface area contributed by atoms with Gasteiger partial charge in [0.1, 0.15) is 10.8 Å². The van der Waals surface area contributed by atoms with Crippen LogP contribution in [-0.4, -0.2) is 4.92 Å². The highest BCUT2D eigenvalue weighted by molar-refractivity contribution is 9.10. The minimum Gasteiger partial charge on any atom is -0.381 e. The summed E-state index contributed by atoms with van der Waals surface area (Å²) in [5.74, 6) is -0.370. The minimum absolute atomic E-state index is 0.0922. The molecule has 110 valence electrons. The van der Waals surface area contributed by atoms with Crippen LogP contribution in [0.1, 0.15) is 11.1 Å². The van der Waals surface area contributed by atoms with Gasteiger partial charge in [0.05, 0.1) is 9.40 Å². The van der Waals surface area contributed by atoms with Gasteiger partial charge in [0.25, 0.3) is 5.69 Å². The lowest BCUT2D eigenvalue weighted by Crippen LogP contribution is -2.02. The smallest absolute Gasteiger partial charge is 0.288 e. The summed E-state index contributed by atoms with van der Waals surface area (Å²) in [5.41, 5.74) is 2.04. The van der Waals surface area contributed by atoms with Gasteiger partial charge in [-0.1, -0.05) is 17.7 Å². The SMILES string of the molecule is Cc1cc(Br)c(F)cc1NCc1ccc(Cl)c([N+](=O)[O-])c1. The first-order valence-electron chi connectivity index (χ1n) is 6.01. The van der Waals surface area contributed by atoms with Gasteiger partial charge in [-0.25, -0.2) is 4.39 Å². The molecule has 0 spiro atoms. The van der Waals surface area contributed by atoms with Crippen LogP contribution in [0.4, 0.5) is 15.8 Å². The molecular formula is C14H11BrClFN2O2. The Kier molecular flexibility index (Phi) is 4.80. The van der Waals surface area contributed by atoms with Gasteiger partial charge in [0.2, 0.25) is 0 Å². The van der Waals surface area contributed by atoms with Crippen molar-refractivity contribution in [1.82, 2.24) is 0 Å². The molecule has 0 aliphatic heterocycles. The fourth-order valence-electron chi connectivity index (χ4n) is 1.84. The van der Waals surface area contributed by atoms with E-state index in [1.807, 2.05) is 6.92 Å². The molecule has 0 aliphatic rings. The molecule has 0 fully saturated rings. The Morgan fingerprint density at radius 2 is 2.10 bits per heavy atom. The highest BCUT2D eigenvalue weighted by atomic mass is 79.9. The van der Waals surface area contributed by atoms with Crippen LogP contribution >= 0.6 is 27.5 Å². The molecule has 0 amide bonds. The molecule has 2 rings (SSSR count). The van der Waals surface area contributed by atoms with E-state index in [9.17, 15) is 14.5 Å². The topological polar surface area (TPSA) is 55.2 Å². The Morgan fingerprint density at radius 3 is 2.76 bits per heavy atom. The lowest BCUT2D eigenvalue weighted by molar-refractivity contribution is -0.384. The largest absolute Gasteiger partial charge is 0.381 e. The third-order valence-corrected chi connectivity index (χ3v) is 3.88. The molecule has 4 nitrogen and oxygen atoms in total. The molecule has 0 radical (unpaired) electrons. The average molecular weight is 374 g/mol. The fraction of sp³-hybridized carbons (Fsp3) is 0.143. The zero-order valence-electron chi connectivity index (χ0n) is 11.0. The van der Waals surface area contributed by atoms with Crippen molar-refractivity contribution in [2.75, 3.05) is 5.32 Å². The maximum atomic E-state index is 13.5. The summed E-state index contributed by atoms with van der Waals surface area (Å²) >= 11 is 8.87. The standard InChI is InChI=1S/C14H11BrClFN2O2/c1-8-4-10(15)12(17)6-13(8)18-7-9-2-3-11(16)14(5-9)19(20)21/h2-6,18H,7H2,1H3. The van der Waals surface area contributed by atoms with Crippen molar-refractivity contribution in [2.45, 2.75) is 13.5 Å². The molecule has 0 bridgehead atoms. The first-order chi connectivity index (χ1) is 9.88. The second kappa shape index (κ2) is 6.41. The maximum absolute atomic E-state index is 13.5. The number of aryl methyl sites for hydroxylation is 1. The van der Waals surface area contributed by atoms with Crippen molar-refractivity contribution in [2.24, 2.45) is 0 Å². The number of hydrogen-bond acceptors (Lipinski definition) is 3. The molecular weight excluding hydrogens is 363 g/mol. The van der Waals surface area contributed by atoms with E-state index in [-0.39, 0.29) is 16.5 Å². The summed E-state index contributed by atoms with van der Waals surface area (Å²) in [4.78, 5) is 10.3. The highest BCUT2D eigenvalue weighted by Gasteiger charge is 2.13. The van der Waals surface area contributed by atoms with E-state index >= 15 is 0 Å². The summed E-state index contributed by atoms with van der Waals surface area (Å²) in [6.45, 7) is 2.18. The zero-order chi connectivity index (χ0) is 15.6. The molecule has 0 saturated carbocycles. The van der Waals surface area contributed by atoms with Crippen LogP contribution in [0.25, 0.3) is 0 Å². The Balaban J connectivity index is 2.19. The van der Waals surface area contributed by atoms with E-state index in [0.717, 1.165) is 5.56 Å². The number of hydrogen-bond donors (Lipinski definition) is 1. The van der Waals surface area contributed by atoms with Crippen LogP contribution in [0.3, 0.4) is 0 Å². The van der Waals surface area contributed by atoms with Gasteiger partial charge in [-0.3, -0.25) is 10.1 Å². The predicted octanol–water partition coefficient (Wildman–Crippen LogP) is 5.07. The Morgan fingerprint density at radius 1 is 1.38 bits per heavy atom. The zero-order valence-corrected chi connectivity index (χ0v) is 13.3. The number of nitro groups is 1. The quantitative estimate of drug-likeness (QED) is 0.601. The minimum atomic E-state index is -0.531. The summed E-state index contributed by atoms with van der Waals surface area (Å²) in [6.07, 6.45) is 0. The number of nitro benzene ring substituents is 1. The molecule has 7 heteroatoms. The van der Waals surface area contributed by atoms with Gasteiger partial charge in [0, 0.05) is 18.3 Å². The second-order valence-electron chi connectivity index (χ2n) is 4.48. The molecule has 2 aromatic rings. The molecule has 2 aromatic carbocycles. The van der Waals surface area contributed by atoms with Crippen molar-refractivity contribution in [3.63, 3.8) is 0 Å². The lowest BCUT2D eigenvalue weighted by Gasteiger charge is -2.11. The molecule has 21 heavy (non-hydrogen) atoms. The van der Waals surface area contributed by atoms with Gasteiger partial charge >= 0.3 is 0 Å². The number of nitrogens with one attached hydrogen (secondary N) is 1. The van der Waals surface area contributed by atoms with E-state index in [1.54, 1.807) is 12.1 Å². The molecule has 0 heterocycles. The van der Waals surface area contributed by atoms with Crippen molar-refractivity contribution in [3.05, 3.63) is 66.9 Å². The number of anilines is 1. The van der Waals surface area contributed by atoms with Crippen molar-refractivity contribution in [1.29, 1.82) is 0 Å². The number of benzene rings is 2. The van der Waals surface area contributed by atoms with E-state index < -0.39 is 4.92 Å². The van der Waals surface area contributed by atoms with Crippen LogP contribution in [0.2, 0.25) is 5.02 Å². The third kappa shape index (κ3) is 3.71. The Hall–Kier alpha value is -1.66. The van der Waals surface area contributed by atoms with Gasteiger partial charge in [-0.15, -0.1) is 0 Å². The van der Waals surface area contributed by atoms with Crippen LogP contribution in [0.15, 0.2) is 34.8 Å². The van der Waals surface area contributed by atoms with Crippen LogP contribution in [-0.2, 0) is 6.54 Å². The van der Waals surface area contributed by atoms with Crippen molar-refractivity contribution in [3.8, 4) is 0 Å². The molecule has 1 N–H and O–H groups in total. The number of halogens is 3. The monoisotopic (exact) mass is 372 g/mol. The third-order valence-electron chi connectivity index (χ3n) is 2.96. The molecule has 0 atom stereocenters. The van der Waals surface area contributed by atoms with Gasteiger partial charge in [-0.05, 0) is 52.2 Å².